The Kier molecular flexibility index (Phi) is 4.28. The first-order valence-corrected chi connectivity index (χ1v) is 10.1. The molecule has 1 aromatic carbocycles. The monoisotopic (exact) mass is 397 g/mol. The third-order valence-corrected chi connectivity index (χ3v) is 5.52. The number of hydrogen-bond donors (Lipinski definition) is 1. The Hall–Kier alpha value is -3.67. The van der Waals surface area contributed by atoms with Gasteiger partial charge in [0, 0.05) is 29.6 Å². The molecule has 30 heavy (non-hydrogen) atoms. The van der Waals surface area contributed by atoms with Crippen LogP contribution in [-0.4, -0.2) is 31.1 Å². The van der Waals surface area contributed by atoms with Crippen LogP contribution < -0.4 is 5.32 Å². The van der Waals surface area contributed by atoms with Crippen LogP contribution in [0.25, 0.3) is 28.2 Å². The van der Waals surface area contributed by atoms with Gasteiger partial charge >= 0.3 is 0 Å². The molecule has 1 amide bonds. The van der Waals surface area contributed by atoms with E-state index in [1.54, 1.807) is 6.20 Å². The Labute approximate surface area is 174 Å². The predicted molar refractivity (Wildman–Crippen MR) is 118 cm³/mol. The fourth-order valence-corrected chi connectivity index (χ4v) is 3.55. The number of nitrogens with zero attached hydrogens (tertiary/aromatic N) is 4. The first-order chi connectivity index (χ1) is 14.5. The molecule has 4 aromatic rings. The molecule has 1 aliphatic rings. The fourth-order valence-electron chi connectivity index (χ4n) is 3.55. The van der Waals surface area contributed by atoms with E-state index in [-0.39, 0.29) is 5.91 Å². The van der Waals surface area contributed by atoms with Crippen LogP contribution in [0.3, 0.4) is 0 Å². The number of fused-ring (bicyclic) bond motifs is 1. The smallest absolute Gasteiger partial charge is 0.251 e. The van der Waals surface area contributed by atoms with Gasteiger partial charge in [-0.15, -0.1) is 0 Å². The number of carbonyl (C=O) groups is 1. The lowest BCUT2D eigenvalue weighted by Gasteiger charge is -2.08. The summed E-state index contributed by atoms with van der Waals surface area (Å²) < 4.78 is 3.82. The highest BCUT2D eigenvalue weighted by atomic mass is 16.1. The van der Waals surface area contributed by atoms with E-state index in [1.807, 2.05) is 71.9 Å². The van der Waals surface area contributed by atoms with E-state index >= 15 is 0 Å². The Balaban J connectivity index is 1.51. The summed E-state index contributed by atoms with van der Waals surface area (Å²) in [5, 5.41) is 7.62. The Morgan fingerprint density at radius 2 is 1.93 bits per heavy atom. The molecule has 3 heterocycles. The van der Waals surface area contributed by atoms with Gasteiger partial charge in [0.1, 0.15) is 5.65 Å². The summed E-state index contributed by atoms with van der Waals surface area (Å²) in [5.74, 6) is 0.833. The summed E-state index contributed by atoms with van der Waals surface area (Å²) in [7, 11) is 0. The van der Waals surface area contributed by atoms with E-state index in [9.17, 15) is 4.79 Å². The molecule has 0 unspecified atom stereocenters. The third kappa shape index (κ3) is 3.30. The molecular formula is C24H23N5O. The van der Waals surface area contributed by atoms with Crippen LogP contribution in [0.4, 0.5) is 0 Å². The molecule has 1 saturated carbocycles. The number of rotatable bonds is 5. The van der Waals surface area contributed by atoms with Crippen LogP contribution in [-0.2, 0) is 0 Å². The molecule has 1 fully saturated rings. The molecule has 1 aliphatic carbocycles. The maximum absolute atomic E-state index is 12.5. The van der Waals surface area contributed by atoms with E-state index in [1.165, 1.54) is 0 Å². The molecule has 0 radical (unpaired) electrons. The minimum atomic E-state index is -0.0137. The maximum atomic E-state index is 12.5. The standard InChI is InChI=1S/C24H23N5O/c1-15(2)18-6-9-22-25-12-23(28(22)13-18)29-14-19(11-26-29)21-10-17(5-4-16(21)3)24(30)27-20-7-8-20/h4-6,9-14,20H,1,7-8H2,2-3H3,(H,27,30). The fraction of sp³-hybridized carbons (Fsp3) is 0.208. The van der Waals surface area contributed by atoms with Crippen molar-refractivity contribution in [2.75, 3.05) is 0 Å². The van der Waals surface area contributed by atoms with E-state index in [0.29, 0.717) is 11.6 Å². The second kappa shape index (κ2) is 6.99. The predicted octanol–water partition coefficient (Wildman–Crippen LogP) is 4.42. The number of amides is 1. The largest absolute Gasteiger partial charge is 0.349 e. The van der Waals surface area contributed by atoms with Crippen LogP contribution in [0.1, 0.15) is 41.3 Å². The summed E-state index contributed by atoms with van der Waals surface area (Å²) in [5.41, 5.74) is 6.63. The molecule has 0 spiro atoms. The zero-order chi connectivity index (χ0) is 20.8. The van der Waals surface area contributed by atoms with Crippen LogP contribution in [0.15, 0.2) is 61.7 Å². The van der Waals surface area contributed by atoms with E-state index < -0.39 is 0 Å². The van der Waals surface area contributed by atoms with E-state index in [2.05, 4.69) is 22.0 Å². The number of carbonyl (C=O) groups excluding carboxylic acids is 1. The Morgan fingerprint density at radius 1 is 1.13 bits per heavy atom. The molecule has 0 bridgehead atoms. The molecule has 1 N–H and O–H groups in total. The zero-order valence-corrected chi connectivity index (χ0v) is 17.1. The lowest BCUT2D eigenvalue weighted by atomic mass is 10.0. The number of aromatic nitrogens is 4. The third-order valence-electron chi connectivity index (χ3n) is 5.52. The summed E-state index contributed by atoms with van der Waals surface area (Å²) >= 11 is 0. The van der Waals surface area contributed by atoms with Gasteiger partial charge in [-0.2, -0.15) is 5.10 Å². The van der Waals surface area contributed by atoms with Gasteiger partial charge in [0.25, 0.3) is 5.91 Å². The average Bonchev–Trinajstić information content (AvgIpc) is 3.25. The molecule has 6 heteroatoms. The number of hydrogen-bond acceptors (Lipinski definition) is 3. The van der Waals surface area contributed by atoms with Gasteiger partial charge in [0.15, 0.2) is 5.82 Å². The van der Waals surface area contributed by atoms with Crippen LogP contribution in [0.5, 0.6) is 0 Å². The molecule has 3 aromatic heterocycles. The number of aryl methyl sites for hydroxylation is 1. The Morgan fingerprint density at radius 3 is 2.70 bits per heavy atom. The highest BCUT2D eigenvalue weighted by Crippen LogP contribution is 2.27. The van der Waals surface area contributed by atoms with Crippen LogP contribution >= 0.6 is 0 Å². The normalized spacial score (nSPS) is 13.5. The van der Waals surface area contributed by atoms with Crippen molar-refractivity contribution in [3.63, 3.8) is 0 Å². The molecule has 0 saturated heterocycles. The number of nitrogens with one attached hydrogen (secondary N) is 1. The van der Waals surface area contributed by atoms with Gasteiger partial charge in [0.2, 0.25) is 0 Å². The quantitative estimate of drug-likeness (QED) is 0.542. The minimum absolute atomic E-state index is 0.0137. The van der Waals surface area contributed by atoms with Gasteiger partial charge < -0.3 is 5.32 Å². The van der Waals surface area contributed by atoms with Crippen molar-refractivity contribution in [2.24, 2.45) is 0 Å². The summed E-state index contributed by atoms with van der Waals surface area (Å²) in [6.07, 6.45) is 9.78. The summed E-state index contributed by atoms with van der Waals surface area (Å²) in [6.45, 7) is 8.06. The lowest BCUT2D eigenvalue weighted by Crippen LogP contribution is -2.25. The van der Waals surface area contributed by atoms with Gasteiger partial charge in [-0.05, 0) is 73.2 Å². The zero-order valence-electron chi connectivity index (χ0n) is 17.1. The molecule has 5 rings (SSSR count). The van der Waals surface area contributed by atoms with E-state index in [4.69, 9.17) is 0 Å². The summed E-state index contributed by atoms with van der Waals surface area (Å²) in [6, 6.07) is 10.1. The van der Waals surface area contributed by atoms with Crippen molar-refractivity contribution in [2.45, 2.75) is 32.7 Å². The lowest BCUT2D eigenvalue weighted by molar-refractivity contribution is 0.0951. The second-order valence-electron chi connectivity index (χ2n) is 7.99. The van der Waals surface area contributed by atoms with Gasteiger partial charge in [-0.3, -0.25) is 9.20 Å². The highest BCUT2D eigenvalue weighted by molar-refractivity contribution is 5.96. The first kappa shape index (κ1) is 18.4. The van der Waals surface area contributed by atoms with Gasteiger partial charge in [-0.1, -0.05) is 12.6 Å². The van der Waals surface area contributed by atoms with Crippen molar-refractivity contribution in [1.29, 1.82) is 0 Å². The molecule has 0 atom stereocenters. The van der Waals surface area contributed by atoms with Crippen LogP contribution in [0.2, 0.25) is 0 Å². The highest BCUT2D eigenvalue weighted by Gasteiger charge is 2.24. The molecule has 0 aliphatic heterocycles. The molecular weight excluding hydrogens is 374 g/mol. The van der Waals surface area contributed by atoms with Gasteiger partial charge in [0.05, 0.1) is 12.4 Å². The molecule has 6 nitrogen and oxygen atoms in total. The number of pyridine rings is 1. The number of allylic oxidation sites excluding steroid dienone is 1. The average molecular weight is 397 g/mol. The topological polar surface area (TPSA) is 64.2 Å². The van der Waals surface area contributed by atoms with Crippen LogP contribution in [0, 0.1) is 6.92 Å². The second-order valence-corrected chi connectivity index (χ2v) is 7.99. The van der Waals surface area contributed by atoms with Gasteiger partial charge in [-0.25, -0.2) is 9.67 Å². The number of imidazole rings is 1. The van der Waals surface area contributed by atoms with Crippen molar-refractivity contribution in [3.05, 3.63) is 78.4 Å². The van der Waals surface area contributed by atoms with Crippen molar-refractivity contribution in [1.82, 2.24) is 24.5 Å². The van der Waals surface area contributed by atoms with Crippen molar-refractivity contribution in [3.8, 4) is 16.9 Å². The summed E-state index contributed by atoms with van der Waals surface area (Å²) in [4.78, 5) is 16.9. The van der Waals surface area contributed by atoms with E-state index in [0.717, 1.165) is 52.1 Å². The SMILES string of the molecule is C=C(C)c1ccc2ncc(-n3cc(-c4cc(C(=O)NC5CC5)ccc4C)cn3)n2c1. The van der Waals surface area contributed by atoms with Crippen molar-refractivity contribution >= 4 is 17.1 Å². The maximum Gasteiger partial charge on any atom is 0.251 e. The van der Waals surface area contributed by atoms with Crippen molar-refractivity contribution < 1.29 is 4.79 Å². The first-order valence-electron chi connectivity index (χ1n) is 10.1. The molecule has 150 valence electrons. The Bertz CT molecular complexity index is 1290. The minimum Gasteiger partial charge on any atom is -0.349 e. The number of benzene rings is 1.